The van der Waals surface area contributed by atoms with Crippen molar-refractivity contribution in [3.05, 3.63) is 52.0 Å². The molecule has 0 radical (unpaired) electrons. The van der Waals surface area contributed by atoms with Crippen molar-refractivity contribution < 1.29 is 4.79 Å². The van der Waals surface area contributed by atoms with Crippen LogP contribution in [0.1, 0.15) is 40.8 Å². The molecule has 25 heavy (non-hydrogen) atoms. The van der Waals surface area contributed by atoms with Crippen molar-refractivity contribution >= 4 is 17.2 Å². The monoisotopic (exact) mass is 358 g/mol. The second-order valence-corrected chi connectivity index (χ2v) is 7.67. The smallest absolute Gasteiger partial charge is 0.273 e. The summed E-state index contributed by atoms with van der Waals surface area (Å²) in [6.45, 7) is 4.61. The number of benzene rings is 1. The van der Waals surface area contributed by atoms with E-state index in [1.807, 2.05) is 23.4 Å². The molecule has 6 heteroatoms. The number of aromatic nitrogens is 1. The molecule has 1 aliphatic rings. The highest BCUT2D eigenvalue weighted by molar-refractivity contribution is 7.09. The lowest BCUT2D eigenvalue weighted by Crippen LogP contribution is -2.49. The number of hydrogen-bond donors (Lipinski definition) is 1. The van der Waals surface area contributed by atoms with Crippen LogP contribution in [0.25, 0.3) is 0 Å². The minimum Gasteiger partial charge on any atom is -0.337 e. The Morgan fingerprint density at radius 1 is 1.40 bits per heavy atom. The van der Waals surface area contributed by atoms with Crippen LogP contribution >= 0.6 is 11.3 Å². The average Bonchev–Trinajstić information content (AvgIpc) is 3.12. The molecule has 1 aromatic carbocycles. The third-order valence-electron chi connectivity index (χ3n) is 5.03. The summed E-state index contributed by atoms with van der Waals surface area (Å²) < 4.78 is 0. The van der Waals surface area contributed by atoms with Crippen LogP contribution in [-0.4, -0.2) is 46.4 Å². The standard InChI is InChI=1S/C19H26N4OS/c1-14-10-16(8-9-23(14)12-15-6-4-3-5-7-15)22(2)19(24)17-13-25-18(11-20)21-17/h3-7,13-14,16H,8-12,20H2,1-2H3/t14-,16+/m1/s1. The third kappa shape index (κ3) is 4.26. The molecule has 1 aliphatic heterocycles. The van der Waals surface area contributed by atoms with E-state index in [0.717, 1.165) is 30.9 Å². The van der Waals surface area contributed by atoms with Crippen LogP contribution in [-0.2, 0) is 13.1 Å². The number of carbonyl (C=O) groups excluding carboxylic acids is 1. The van der Waals surface area contributed by atoms with Crippen molar-refractivity contribution in [3.8, 4) is 0 Å². The van der Waals surface area contributed by atoms with Crippen LogP contribution in [0.5, 0.6) is 0 Å². The van der Waals surface area contributed by atoms with Crippen LogP contribution in [0, 0.1) is 0 Å². The highest BCUT2D eigenvalue weighted by Gasteiger charge is 2.30. The van der Waals surface area contributed by atoms with Crippen LogP contribution in [0.15, 0.2) is 35.7 Å². The second-order valence-electron chi connectivity index (χ2n) is 6.73. The number of amides is 1. The maximum atomic E-state index is 12.7. The molecule has 1 amide bonds. The number of nitrogens with zero attached hydrogens (tertiary/aromatic N) is 3. The number of piperidine rings is 1. The molecular formula is C19H26N4OS. The van der Waals surface area contributed by atoms with E-state index >= 15 is 0 Å². The molecule has 0 bridgehead atoms. The van der Waals surface area contributed by atoms with Gasteiger partial charge in [-0.05, 0) is 25.3 Å². The van der Waals surface area contributed by atoms with Gasteiger partial charge in [-0.1, -0.05) is 30.3 Å². The van der Waals surface area contributed by atoms with E-state index in [2.05, 4.69) is 41.1 Å². The highest BCUT2D eigenvalue weighted by Crippen LogP contribution is 2.24. The van der Waals surface area contributed by atoms with Crippen LogP contribution < -0.4 is 5.73 Å². The first-order valence-corrected chi connectivity index (χ1v) is 9.66. The maximum Gasteiger partial charge on any atom is 0.273 e. The van der Waals surface area contributed by atoms with Gasteiger partial charge in [0.05, 0.1) is 0 Å². The predicted molar refractivity (Wildman–Crippen MR) is 101 cm³/mol. The van der Waals surface area contributed by atoms with E-state index < -0.39 is 0 Å². The summed E-state index contributed by atoms with van der Waals surface area (Å²) >= 11 is 1.45. The van der Waals surface area contributed by atoms with E-state index in [1.165, 1.54) is 16.9 Å². The van der Waals surface area contributed by atoms with Gasteiger partial charge in [-0.3, -0.25) is 9.69 Å². The fourth-order valence-corrected chi connectivity index (χ4v) is 4.10. The number of carbonyl (C=O) groups is 1. The summed E-state index contributed by atoms with van der Waals surface area (Å²) in [5.41, 5.74) is 7.46. The summed E-state index contributed by atoms with van der Waals surface area (Å²) in [5.74, 6) is 0.00431. The number of nitrogens with two attached hydrogens (primary N) is 1. The summed E-state index contributed by atoms with van der Waals surface area (Å²) in [6.07, 6.45) is 1.98. The predicted octanol–water partition coefficient (Wildman–Crippen LogP) is 2.73. The summed E-state index contributed by atoms with van der Waals surface area (Å²) in [4.78, 5) is 21.4. The summed E-state index contributed by atoms with van der Waals surface area (Å²) in [7, 11) is 1.90. The SMILES string of the molecule is C[C@@H]1C[C@@H](N(C)C(=O)c2csc(CN)n2)CCN1Cc1ccccc1. The minimum absolute atomic E-state index is 0.00431. The van der Waals surface area contributed by atoms with Crippen LogP contribution in [0.2, 0.25) is 0 Å². The van der Waals surface area contributed by atoms with Crippen molar-refractivity contribution in [1.29, 1.82) is 0 Å². The number of rotatable bonds is 5. The zero-order valence-electron chi connectivity index (χ0n) is 14.9. The normalized spacial score (nSPS) is 21.2. The van der Waals surface area contributed by atoms with Gasteiger partial charge in [0.25, 0.3) is 5.91 Å². The van der Waals surface area contributed by atoms with Crippen LogP contribution in [0.4, 0.5) is 0 Å². The topological polar surface area (TPSA) is 62.5 Å². The average molecular weight is 359 g/mol. The molecule has 0 aliphatic carbocycles. The molecule has 2 aromatic rings. The zero-order valence-corrected chi connectivity index (χ0v) is 15.7. The van der Waals surface area contributed by atoms with E-state index in [0.29, 0.717) is 18.3 Å². The van der Waals surface area contributed by atoms with Crippen molar-refractivity contribution in [2.24, 2.45) is 5.73 Å². The fraction of sp³-hybridized carbons (Fsp3) is 0.474. The molecule has 0 unspecified atom stereocenters. The zero-order chi connectivity index (χ0) is 17.8. The molecule has 0 saturated carbocycles. The Morgan fingerprint density at radius 2 is 2.16 bits per heavy atom. The highest BCUT2D eigenvalue weighted by atomic mass is 32.1. The molecule has 1 saturated heterocycles. The Labute approximate surface area is 153 Å². The Bertz CT molecular complexity index is 702. The summed E-state index contributed by atoms with van der Waals surface area (Å²) in [5, 5.41) is 2.62. The fourth-order valence-electron chi connectivity index (χ4n) is 3.45. The van der Waals surface area contributed by atoms with Gasteiger partial charge in [0, 0.05) is 44.1 Å². The van der Waals surface area contributed by atoms with E-state index in [1.54, 1.807) is 0 Å². The van der Waals surface area contributed by atoms with E-state index in [-0.39, 0.29) is 11.9 Å². The van der Waals surface area contributed by atoms with Crippen molar-refractivity contribution in [2.45, 2.75) is 44.9 Å². The molecule has 0 spiro atoms. The Hall–Kier alpha value is -1.76. The Kier molecular flexibility index (Phi) is 5.83. The lowest BCUT2D eigenvalue weighted by atomic mass is 9.96. The van der Waals surface area contributed by atoms with Gasteiger partial charge in [-0.2, -0.15) is 0 Å². The molecule has 2 heterocycles. The van der Waals surface area contributed by atoms with Gasteiger partial charge in [-0.15, -0.1) is 11.3 Å². The second kappa shape index (κ2) is 8.08. The van der Waals surface area contributed by atoms with Crippen molar-refractivity contribution in [1.82, 2.24) is 14.8 Å². The van der Waals surface area contributed by atoms with Gasteiger partial charge in [0.1, 0.15) is 10.7 Å². The molecular weight excluding hydrogens is 332 g/mol. The molecule has 1 aromatic heterocycles. The van der Waals surface area contributed by atoms with Gasteiger partial charge >= 0.3 is 0 Å². The van der Waals surface area contributed by atoms with Crippen molar-refractivity contribution in [2.75, 3.05) is 13.6 Å². The lowest BCUT2D eigenvalue weighted by Gasteiger charge is -2.41. The van der Waals surface area contributed by atoms with Gasteiger partial charge in [0.15, 0.2) is 0 Å². The number of likely N-dealkylation sites (tertiary alicyclic amines) is 1. The molecule has 134 valence electrons. The van der Waals surface area contributed by atoms with Gasteiger partial charge in [-0.25, -0.2) is 4.98 Å². The molecule has 2 N–H and O–H groups in total. The molecule has 1 fully saturated rings. The Balaban J connectivity index is 1.59. The largest absolute Gasteiger partial charge is 0.337 e. The lowest BCUT2D eigenvalue weighted by molar-refractivity contribution is 0.0534. The quantitative estimate of drug-likeness (QED) is 0.893. The summed E-state index contributed by atoms with van der Waals surface area (Å²) in [6, 6.07) is 11.3. The Morgan fingerprint density at radius 3 is 2.80 bits per heavy atom. The minimum atomic E-state index is 0.00431. The first-order valence-electron chi connectivity index (χ1n) is 8.78. The third-order valence-corrected chi connectivity index (χ3v) is 5.90. The molecule has 3 rings (SSSR count). The first kappa shape index (κ1) is 18.0. The van der Waals surface area contributed by atoms with E-state index in [4.69, 9.17) is 5.73 Å². The maximum absolute atomic E-state index is 12.7. The number of thiazole rings is 1. The number of hydrogen-bond acceptors (Lipinski definition) is 5. The van der Waals surface area contributed by atoms with Gasteiger partial charge < -0.3 is 10.6 Å². The van der Waals surface area contributed by atoms with Crippen LogP contribution in [0.3, 0.4) is 0 Å². The van der Waals surface area contributed by atoms with Gasteiger partial charge in [0.2, 0.25) is 0 Å². The molecule has 5 nitrogen and oxygen atoms in total. The molecule has 2 atom stereocenters. The first-order chi connectivity index (χ1) is 12.1. The van der Waals surface area contributed by atoms with Crippen molar-refractivity contribution in [3.63, 3.8) is 0 Å². The van der Waals surface area contributed by atoms with E-state index in [9.17, 15) is 4.79 Å².